The minimum Gasteiger partial charge on any atom is -0.308 e. The lowest BCUT2D eigenvalue weighted by atomic mass is 9.73. The molecule has 3 nitrogen and oxygen atoms in total. The van der Waals surface area contributed by atoms with E-state index < -0.39 is 0 Å². The van der Waals surface area contributed by atoms with Crippen LogP contribution in [0.3, 0.4) is 0 Å². The Kier molecular flexibility index (Phi) is 4.60. The van der Waals surface area contributed by atoms with Crippen LogP contribution < -0.4 is 5.32 Å². The Bertz CT molecular complexity index is 457. The number of hydrogen-bond acceptors (Lipinski definition) is 3. The molecule has 1 aliphatic heterocycles. The average molecular weight is 287 g/mol. The van der Waals surface area contributed by atoms with E-state index in [4.69, 9.17) is 0 Å². The third-order valence-corrected chi connectivity index (χ3v) is 5.30. The fourth-order valence-corrected chi connectivity index (χ4v) is 4.15. The fraction of sp³-hybridized carbons (Fsp3) is 0.722. The van der Waals surface area contributed by atoms with Crippen molar-refractivity contribution in [2.24, 2.45) is 11.8 Å². The summed E-state index contributed by atoms with van der Waals surface area (Å²) in [6.07, 6.45) is 4.19. The predicted molar refractivity (Wildman–Crippen MR) is 87.1 cm³/mol. The monoisotopic (exact) mass is 287 g/mol. The molecule has 116 valence electrons. The van der Waals surface area contributed by atoms with Crippen LogP contribution in [0, 0.1) is 18.8 Å². The van der Waals surface area contributed by atoms with Crippen molar-refractivity contribution >= 4 is 0 Å². The van der Waals surface area contributed by atoms with Crippen LogP contribution in [0.1, 0.15) is 44.5 Å². The average Bonchev–Trinajstić information content (AvgIpc) is 2.44. The molecule has 0 radical (unpaired) electrons. The SMILES string of the molecule is Cc1cccc(CNC2C3CCCC2CN(C(C)C)C3)n1. The van der Waals surface area contributed by atoms with Gasteiger partial charge in [0.25, 0.3) is 0 Å². The van der Waals surface area contributed by atoms with E-state index in [-0.39, 0.29) is 0 Å². The summed E-state index contributed by atoms with van der Waals surface area (Å²) in [6, 6.07) is 7.70. The van der Waals surface area contributed by atoms with Gasteiger partial charge in [0.15, 0.2) is 0 Å². The maximum Gasteiger partial charge on any atom is 0.0544 e. The van der Waals surface area contributed by atoms with Crippen molar-refractivity contribution in [2.45, 2.75) is 58.7 Å². The number of pyridine rings is 1. The molecule has 1 aromatic heterocycles. The van der Waals surface area contributed by atoms with E-state index in [0.717, 1.165) is 24.1 Å². The van der Waals surface area contributed by atoms with E-state index >= 15 is 0 Å². The van der Waals surface area contributed by atoms with E-state index in [1.165, 1.54) is 38.0 Å². The molecule has 2 aliphatic rings. The first-order chi connectivity index (χ1) is 10.1. The molecule has 21 heavy (non-hydrogen) atoms. The summed E-state index contributed by atoms with van der Waals surface area (Å²) in [4.78, 5) is 7.30. The van der Waals surface area contributed by atoms with Gasteiger partial charge in [-0.25, -0.2) is 0 Å². The molecular weight excluding hydrogens is 258 g/mol. The highest BCUT2D eigenvalue weighted by atomic mass is 15.2. The third kappa shape index (κ3) is 3.46. The molecule has 1 saturated carbocycles. The molecular formula is C18H29N3. The number of aromatic nitrogens is 1. The summed E-state index contributed by atoms with van der Waals surface area (Å²) in [5, 5.41) is 3.84. The maximum absolute atomic E-state index is 4.62. The lowest BCUT2D eigenvalue weighted by molar-refractivity contribution is 0.0288. The minimum absolute atomic E-state index is 0.687. The Labute approximate surface area is 129 Å². The molecule has 2 unspecified atom stereocenters. The van der Waals surface area contributed by atoms with Gasteiger partial charge >= 0.3 is 0 Å². The van der Waals surface area contributed by atoms with Gasteiger partial charge in [0.1, 0.15) is 0 Å². The van der Waals surface area contributed by atoms with Crippen LogP contribution in [0.25, 0.3) is 0 Å². The van der Waals surface area contributed by atoms with Gasteiger partial charge in [-0.2, -0.15) is 0 Å². The number of aryl methyl sites for hydroxylation is 1. The van der Waals surface area contributed by atoms with Crippen LogP contribution in [0.4, 0.5) is 0 Å². The Morgan fingerprint density at radius 3 is 2.57 bits per heavy atom. The normalized spacial score (nSPS) is 29.8. The summed E-state index contributed by atoms with van der Waals surface area (Å²) in [5.74, 6) is 1.65. The number of hydrogen-bond donors (Lipinski definition) is 1. The van der Waals surface area contributed by atoms with Crippen molar-refractivity contribution in [1.82, 2.24) is 15.2 Å². The predicted octanol–water partition coefficient (Wildman–Crippen LogP) is 2.99. The van der Waals surface area contributed by atoms with Gasteiger partial charge in [-0.3, -0.25) is 4.98 Å². The lowest BCUT2D eigenvalue weighted by Crippen LogP contribution is -2.58. The lowest BCUT2D eigenvalue weighted by Gasteiger charge is -2.49. The van der Waals surface area contributed by atoms with Gasteiger partial charge < -0.3 is 10.2 Å². The number of piperidine rings is 1. The topological polar surface area (TPSA) is 28.2 Å². The van der Waals surface area contributed by atoms with Crippen LogP contribution in [-0.4, -0.2) is 35.1 Å². The molecule has 0 aromatic carbocycles. The Balaban J connectivity index is 1.63. The van der Waals surface area contributed by atoms with Crippen molar-refractivity contribution in [2.75, 3.05) is 13.1 Å². The summed E-state index contributed by atoms with van der Waals surface area (Å²) in [6.45, 7) is 10.2. The van der Waals surface area contributed by atoms with Gasteiger partial charge in [0.05, 0.1) is 5.69 Å². The van der Waals surface area contributed by atoms with Crippen LogP contribution in [0.15, 0.2) is 18.2 Å². The van der Waals surface area contributed by atoms with E-state index in [1.54, 1.807) is 0 Å². The summed E-state index contributed by atoms with van der Waals surface area (Å²) >= 11 is 0. The van der Waals surface area contributed by atoms with Gasteiger partial charge in [-0.05, 0) is 57.6 Å². The minimum atomic E-state index is 0.687. The fourth-order valence-electron chi connectivity index (χ4n) is 4.15. The van der Waals surface area contributed by atoms with E-state index in [2.05, 4.69) is 54.2 Å². The van der Waals surface area contributed by atoms with E-state index in [0.29, 0.717) is 12.1 Å². The first-order valence-electron chi connectivity index (χ1n) is 8.53. The number of nitrogens with one attached hydrogen (secondary N) is 1. The van der Waals surface area contributed by atoms with Gasteiger partial charge in [0.2, 0.25) is 0 Å². The van der Waals surface area contributed by atoms with Gasteiger partial charge in [-0.1, -0.05) is 12.5 Å². The van der Waals surface area contributed by atoms with E-state index in [1.807, 2.05) is 0 Å². The quantitative estimate of drug-likeness (QED) is 0.923. The standard InChI is InChI=1S/C18H29N3/c1-13(2)21-11-15-7-5-8-16(12-21)18(15)19-10-17-9-4-6-14(3)20-17/h4,6,9,13,15-16,18-19H,5,7-8,10-12H2,1-3H3. The van der Waals surface area contributed by atoms with Crippen molar-refractivity contribution in [3.63, 3.8) is 0 Å². The second-order valence-corrected chi connectivity index (χ2v) is 7.18. The Morgan fingerprint density at radius 2 is 1.95 bits per heavy atom. The highest BCUT2D eigenvalue weighted by Crippen LogP contribution is 2.35. The molecule has 2 atom stereocenters. The maximum atomic E-state index is 4.62. The van der Waals surface area contributed by atoms with Crippen LogP contribution in [0.5, 0.6) is 0 Å². The zero-order chi connectivity index (χ0) is 14.8. The van der Waals surface area contributed by atoms with Crippen molar-refractivity contribution < 1.29 is 0 Å². The molecule has 3 heteroatoms. The number of likely N-dealkylation sites (tertiary alicyclic amines) is 1. The molecule has 0 spiro atoms. The number of fused-ring (bicyclic) bond motifs is 2. The molecule has 2 bridgehead atoms. The summed E-state index contributed by atoms with van der Waals surface area (Å²) in [7, 11) is 0. The molecule has 1 aliphatic carbocycles. The first kappa shape index (κ1) is 15.0. The first-order valence-corrected chi connectivity index (χ1v) is 8.53. The molecule has 2 heterocycles. The second-order valence-electron chi connectivity index (χ2n) is 7.18. The highest BCUT2D eigenvalue weighted by Gasteiger charge is 2.39. The molecule has 1 aromatic rings. The van der Waals surface area contributed by atoms with Crippen molar-refractivity contribution in [1.29, 1.82) is 0 Å². The molecule has 0 amide bonds. The van der Waals surface area contributed by atoms with Gasteiger partial charge in [-0.15, -0.1) is 0 Å². The summed E-state index contributed by atoms with van der Waals surface area (Å²) in [5.41, 5.74) is 2.29. The Morgan fingerprint density at radius 1 is 1.24 bits per heavy atom. The third-order valence-electron chi connectivity index (χ3n) is 5.30. The number of nitrogens with zero attached hydrogens (tertiary/aromatic N) is 2. The van der Waals surface area contributed by atoms with Crippen LogP contribution in [-0.2, 0) is 6.54 Å². The zero-order valence-electron chi connectivity index (χ0n) is 13.7. The van der Waals surface area contributed by atoms with Crippen LogP contribution >= 0.6 is 0 Å². The molecule has 1 N–H and O–H groups in total. The van der Waals surface area contributed by atoms with Crippen molar-refractivity contribution in [3.05, 3.63) is 29.6 Å². The zero-order valence-corrected chi connectivity index (χ0v) is 13.7. The van der Waals surface area contributed by atoms with Gasteiger partial charge in [0, 0.05) is 37.4 Å². The largest absolute Gasteiger partial charge is 0.308 e. The highest BCUT2D eigenvalue weighted by molar-refractivity contribution is 5.10. The molecule has 1 saturated heterocycles. The molecule has 2 fully saturated rings. The van der Waals surface area contributed by atoms with Crippen LogP contribution in [0.2, 0.25) is 0 Å². The molecule has 3 rings (SSSR count). The van der Waals surface area contributed by atoms with E-state index in [9.17, 15) is 0 Å². The van der Waals surface area contributed by atoms with Crippen molar-refractivity contribution in [3.8, 4) is 0 Å². The summed E-state index contributed by atoms with van der Waals surface area (Å²) < 4.78 is 0. The Hall–Kier alpha value is -0.930. The smallest absolute Gasteiger partial charge is 0.0544 e. The number of rotatable bonds is 4. The second kappa shape index (κ2) is 6.45.